The fraction of sp³-hybridized carbons (Fsp3) is 0.188. The van der Waals surface area contributed by atoms with E-state index in [0.29, 0.717) is 0 Å². The van der Waals surface area contributed by atoms with Crippen molar-refractivity contribution >= 4 is 11.2 Å². The SMILES string of the molecule is CCn1ncc2[nH]c(-c3cnn(-c4ccccc4)c3C)nc21. The molecule has 3 heterocycles. The van der Waals surface area contributed by atoms with Crippen LogP contribution in [-0.4, -0.2) is 29.5 Å². The number of aromatic amines is 1. The maximum atomic E-state index is 4.67. The highest BCUT2D eigenvalue weighted by Gasteiger charge is 2.15. The molecule has 1 aromatic carbocycles. The van der Waals surface area contributed by atoms with Crippen LogP contribution in [0.25, 0.3) is 28.2 Å². The van der Waals surface area contributed by atoms with Crippen LogP contribution in [0.1, 0.15) is 12.6 Å². The molecule has 0 fully saturated rings. The Kier molecular flexibility index (Phi) is 2.82. The molecule has 0 radical (unpaired) electrons. The van der Waals surface area contributed by atoms with Crippen LogP contribution in [-0.2, 0) is 6.54 Å². The molecule has 0 saturated heterocycles. The first-order valence-electron chi connectivity index (χ1n) is 7.30. The van der Waals surface area contributed by atoms with E-state index in [1.54, 1.807) is 0 Å². The Morgan fingerprint density at radius 2 is 1.91 bits per heavy atom. The molecule has 0 aliphatic carbocycles. The normalized spacial score (nSPS) is 11.4. The van der Waals surface area contributed by atoms with Crippen molar-refractivity contribution in [1.29, 1.82) is 0 Å². The lowest BCUT2D eigenvalue weighted by molar-refractivity contribution is 0.677. The molecule has 0 unspecified atom stereocenters. The summed E-state index contributed by atoms with van der Waals surface area (Å²) in [6, 6.07) is 10.1. The van der Waals surface area contributed by atoms with Gasteiger partial charge in [0, 0.05) is 6.54 Å². The van der Waals surface area contributed by atoms with Gasteiger partial charge in [-0.15, -0.1) is 0 Å². The minimum absolute atomic E-state index is 0.802. The monoisotopic (exact) mass is 292 g/mol. The van der Waals surface area contributed by atoms with Crippen molar-refractivity contribution in [3.63, 3.8) is 0 Å². The predicted molar refractivity (Wildman–Crippen MR) is 84.8 cm³/mol. The van der Waals surface area contributed by atoms with Crippen LogP contribution in [0.2, 0.25) is 0 Å². The summed E-state index contributed by atoms with van der Waals surface area (Å²) < 4.78 is 3.81. The van der Waals surface area contributed by atoms with Gasteiger partial charge in [0.25, 0.3) is 0 Å². The summed E-state index contributed by atoms with van der Waals surface area (Å²) in [6.45, 7) is 4.91. The first kappa shape index (κ1) is 12.8. The molecule has 0 bridgehead atoms. The highest BCUT2D eigenvalue weighted by Crippen LogP contribution is 2.24. The molecule has 110 valence electrons. The molecule has 6 heteroatoms. The lowest BCUT2D eigenvalue weighted by atomic mass is 10.2. The molecule has 22 heavy (non-hydrogen) atoms. The van der Waals surface area contributed by atoms with E-state index in [1.807, 2.05) is 52.1 Å². The van der Waals surface area contributed by atoms with Gasteiger partial charge in [-0.3, -0.25) is 0 Å². The molecule has 4 aromatic rings. The third-order valence-electron chi connectivity index (χ3n) is 3.85. The number of fused-ring (bicyclic) bond motifs is 1. The van der Waals surface area contributed by atoms with Gasteiger partial charge in [0.15, 0.2) is 5.65 Å². The number of aromatic nitrogens is 6. The second kappa shape index (κ2) is 4.84. The standard InChI is InChI=1S/C16H16N6/c1-3-21-16-14(10-17-21)19-15(20-16)13-9-18-22(11(13)2)12-7-5-4-6-8-12/h4-10H,3H2,1-2H3,(H,19,20). The summed E-state index contributed by atoms with van der Waals surface area (Å²) in [5.74, 6) is 0.828. The van der Waals surface area contributed by atoms with Gasteiger partial charge in [0.1, 0.15) is 11.3 Å². The summed E-state index contributed by atoms with van der Waals surface area (Å²) in [4.78, 5) is 8.00. The first-order valence-corrected chi connectivity index (χ1v) is 7.30. The predicted octanol–water partition coefficient (Wildman–Crippen LogP) is 2.94. The zero-order chi connectivity index (χ0) is 15.1. The van der Waals surface area contributed by atoms with Crippen molar-refractivity contribution in [2.75, 3.05) is 0 Å². The second-order valence-electron chi connectivity index (χ2n) is 5.17. The van der Waals surface area contributed by atoms with Crippen molar-refractivity contribution < 1.29 is 0 Å². The average Bonchev–Trinajstić information content (AvgIpc) is 3.21. The third-order valence-corrected chi connectivity index (χ3v) is 3.85. The minimum atomic E-state index is 0.802. The Hall–Kier alpha value is -2.89. The van der Waals surface area contributed by atoms with E-state index in [4.69, 9.17) is 0 Å². The van der Waals surface area contributed by atoms with Crippen LogP contribution in [0.3, 0.4) is 0 Å². The number of hydrogen-bond donors (Lipinski definition) is 1. The number of aryl methyl sites for hydroxylation is 1. The van der Waals surface area contributed by atoms with Gasteiger partial charge >= 0.3 is 0 Å². The summed E-state index contributed by atoms with van der Waals surface area (Å²) in [7, 11) is 0. The van der Waals surface area contributed by atoms with Crippen molar-refractivity contribution in [2.24, 2.45) is 0 Å². The van der Waals surface area contributed by atoms with Crippen LogP contribution in [0, 0.1) is 6.92 Å². The molecule has 0 aliphatic heterocycles. The van der Waals surface area contributed by atoms with Crippen LogP contribution >= 0.6 is 0 Å². The largest absolute Gasteiger partial charge is 0.335 e. The van der Waals surface area contributed by atoms with E-state index in [1.165, 1.54) is 0 Å². The molecule has 0 spiro atoms. The van der Waals surface area contributed by atoms with E-state index in [0.717, 1.165) is 40.5 Å². The van der Waals surface area contributed by atoms with E-state index >= 15 is 0 Å². The third kappa shape index (κ3) is 1.84. The number of para-hydroxylation sites is 1. The van der Waals surface area contributed by atoms with Gasteiger partial charge in [-0.1, -0.05) is 18.2 Å². The van der Waals surface area contributed by atoms with E-state index in [-0.39, 0.29) is 0 Å². The minimum Gasteiger partial charge on any atom is -0.335 e. The van der Waals surface area contributed by atoms with Gasteiger partial charge in [0.05, 0.1) is 29.3 Å². The van der Waals surface area contributed by atoms with Gasteiger partial charge in [-0.05, 0) is 26.0 Å². The number of nitrogens with zero attached hydrogens (tertiary/aromatic N) is 5. The molecular weight excluding hydrogens is 276 g/mol. The van der Waals surface area contributed by atoms with Crippen LogP contribution in [0.5, 0.6) is 0 Å². The zero-order valence-electron chi connectivity index (χ0n) is 12.5. The lowest BCUT2D eigenvalue weighted by Crippen LogP contribution is -1.98. The number of rotatable bonds is 3. The van der Waals surface area contributed by atoms with Crippen LogP contribution in [0.15, 0.2) is 42.7 Å². The molecule has 4 rings (SSSR count). The molecule has 0 saturated carbocycles. The van der Waals surface area contributed by atoms with Crippen molar-refractivity contribution in [3.05, 3.63) is 48.4 Å². The molecule has 0 amide bonds. The van der Waals surface area contributed by atoms with Gasteiger partial charge in [-0.25, -0.2) is 14.3 Å². The van der Waals surface area contributed by atoms with Crippen molar-refractivity contribution in [1.82, 2.24) is 29.5 Å². The van der Waals surface area contributed by atoms with Gasteiger partial charge < -0.3 is 4.98 Å². The van der Waals surface area contributed by atoms with Crippen molar-refractivity contribution in [3.8, 4) is 17.1 Å². The van der Waals surface area contributed by atoms with Crippen LogP contribution in [0.4, 0.5) is 0 Å². The molecule has 0 aliphatic rings. The summed E-state index contributed by atoms with van der Waals surface area (Å²) >= 11 is 0. The first-order chi connectivity index (χ1) is 10.8. The Morgan fingerprint density at radius 1 is 1.09 bits per heavy atom. The Balaban J connectivity index is 1.82. The van der Waals surface area contributed by atoms with Crippen LogP contribution < -0.4 is 0 Å². The highest BCUT2D eigenvalue weighted by atomic mass is 15.3. The fourth-order valence-corrected chi connectivity index (χ4v) is 2.68. The molecular formula is C16H16N6. The Bertz CT molecular complexity index is 928. The average molecular weight is 292 g/mol. The quantitative estimate of drug-likeness (QED) is 0.631. The molecule has 1 N–H and O–H groups in total. The lowest BCUT2D eigenvalue weighted by Gasteiger charge is -2.04. The maximum absolute atomic E-state index is 4.67. The molecule has 6 nitrogen and oxygen atoms in total. The number of imidazole rings is 1. The topological polar surface area (TPSA) is 64.3 Å². The van der Waals surface area contributed by atoms with Gasteiger partial charge in [0.2, 0.25) is 0 Å². The Labute approximate surface area is 127 Å². The summed E-state index contributed by atoms with van der Waals surface area (Å²) in [5, 5.41) is 8.78. The van der Waals surface area contributed by atoms with E-state index < -0.39 is 0 Å². The molecule has 0 atom stereocenters. The van der Waals surface area contributed by atoms with E-state index in [9.17, 15) is 0 Å². The fourth-order valence-electron chi connectivity index (χ4n) is 2.68. The van der Waals surface area contributed by atoms with Crippen molar-refractivity contribution in [2.45, 2.75) is 20.4 Å². The number of benzene rings is 1. The van der Waals surface area contributed by atoms with Gasteiger partial charge in [-0.2, -0.15) is 10.2 Å². The maximum Gasteiger partial charge on any atom is 0.176 e. The zero-order valence-corrected chi connectivity index (χ0v) is 12.5. The van der Waals surface area contributed by atoms with E-state index in [2.05, 4.69) is 34.0 Å². The number of H-pyrrole nitrogens is 1. The second-order valence-corrected chi connectivity index (χ2v) is 5.17. The number of nitrogens with one attached hydrogen (secondary N) is 1. The molecule has 3 aromatic heterocycles. The Morgan fingerprint density at radius 3 is 2.68 bits per heavy atom. The highest BCUT2D eigenvalue weighted by molar-refractivity contribution is 5.76. The summed E-state index contributed by atoms with van der Waals surface area (Å²) in [5.41, 5.74) is 4.93. The number of hydrogen-bond acceptors (Lipinski definition) is 3. The smallest absolute Gasteiger partial charge is 0.176 e. The summed E-state index contributed by atoms with van der Waals surface area (Å²) in [6.07, 6.45) is 3.66.